The van der Waals surface area contributed by atoms with Crippen LogP contribution in [0.2, 0.25) is 0 Å². The molecule has 8 nitrogen and oxygen atoms in total. The summed E-state index contributed by atoms with van der Waals surface area (Å²) < 4.78 is 5.99. The van der Waals surface area contributed by atoms with Gasteiger partial charge in [0.1, 0.15) is 11.3 Å². The van der Waals surface area contributed by atoms with Gasteiger partial charge in [0, 0.05) is 56.2 Å². The van der Waals surface area contributed by atoms with Gasteiger partial charge in [-0.1, -0.05) is 11.3 Å². The third-order valence-electron chi connectivity index (χ3n) is 6.81. The number of likely N-dealkylation sites (tertiary alicyclic amines) is 1. The van der Waals surface area contributed by atoms with Gasteiger partial charge in [0.2, 0.25) is 0 Å². The summed E-state index contributed by atoms with van der Waals surface area (Å²) in [5, 5.41) is 8.69. The van der Waals surface area contributed by atoms with Gasteiger partial charge in [0.15, 0.2) is 0 Å². The van der Waals surface area contributed by atoms with Crippen molar-refractivity contribution in [3.63, 3.8) is 0 Å². The summed E-state index contributed by atoms with van der Waals surface area (Å²) in [5.41, 5.74) is 5.99. The summed E-state index contributed by atoms with van der Waals surface area (Å²) >= 11 is 0. The molecule has 1 saturated heterocycles. The highest BCUT2D eigenvalue weighted by Crippen LogP contribution is 2.45. The number of pyridine rings is 2. The van der Waals surface area contributed by atoms with Crippen molar-refractivity contribution in [1.82, 2.24) is 38.8 Å². The normalized spacial score (nSPS) is 19.9. The highest BCUT2D eigenvalue weighted by molar-refractivity contribution is 5.59. The van der Waals surface area contributed by atoms with E-state index in [1.54, 1.807) is 0 Å². The Hall–Kier alpha value is -3.78. The van der Waals surface area contributed by atoms with E-state index >= 15 is 0 Å². The molecule has 164 valence electrons. The quantitative estimate of drug-likeness (QED) is 0.409. The van der Waals surface area contributed by atoms with Crippen molar-refractivity contribution in [3.8, 4) is 16.9 Å². The van der Waals surface area contributed by atoms with Crippen LogP contribution in [0.5, 0.6) is 0 Å². The molecule has 0 aromatic carbocycles. The predicted octanol–water partition coefficient (Wildman–Crippen LogP) is 3.28. The molecule has 0 bridgehead atoms. The standard InChI is InChI=1S/C25H24N8/c1-2-6-31(5-1)23-8-19(9-26-10-23)24-17-33(29-28-24)16-22-15-32-12-18(3-4-25(32)27-22)11-30-13-20-7-21(20)14-30/h1-6,8-10,12,15,17,20-21H,7,11,13-14,16H2. The third-order valence-corrected chi connectivity index (χ3v) is 6.81. The summed E-state index contributed by atoms with van der Waals surface area (Å²) in [5.74, 6) is 1.93. The van der Waals surface area contributed by atoms with Crippen LogP contribution < -0.4 is 0 Å². The minimum Gasteiger partial charge on any atom is -0.322 e. The van der Waals surface area contributed by atoms with Crippen LogP contribution in [0.15, 0.2) is 73.7 Å². The number of fused-ring (bicyclic) bond motifs is 2. The summed E-state index contributed by atoms with van der Waals surface area (Å²) in [7, 11) is 0. The molecule has 6 heterocycles. The first-order chi connectivity index (χ1) is 16.3. The van der Waals surface area contributed by atoms with E-state index in [4.69, 9.17) is 4.98 Å². The predicted molar refractivity (Wildman–Crippen MR) is 124 cm³/mol. The zero-order valence-corrected chi connectivity index (χ0v) is 18.2. The van der Waals surface area contributed by atoms with Gasteiger partial charge in [-0.05, 0) is 48.1 Å². The lowest BCUT2D eigenvalue weighted by Gasteiger charge is -2.17. The van der Waals surface area contributed by atoms with Gasteiger partial charge < -0.3 is 8.97 Å². The maximum atomic E-state index is 4.77. The van der Waals surface area contributed by atoms with Crippen LogP contribution in [-0.4, -0.2) is 51.9 Å². The Morgan fingerprint density at radius 1 is 0.939 bits per heavy atom. The zero-order chi connectivity index (χ0) is 21.8. The molecule has 33 heavy (non-hydrogen) atoms. The van der Waals surface area contributed by atoms with Gasteiger partial charge in [-0.25, -0.2) is 9.67 Å². The van der Waals surface area contributed by atoms with Gasteiger partial charge >= 0.3 is 0 Å². The van der Waals surface area contributed by atoms with E-state index in [1.807, 2.05) is 52.4 Å². The highest BCUT2D eigenvalue weighted by atomic mass is 15.4. The molecule has 7 rings (SSSR count). The van der Waals surface area contributed by atoms with Crippen molar-refractivity contribution >= 4 is 5.65 Å². The molecule has 2 fully saturated rings. The Morgan fingerprint density at radius 2 is 1.82 bits per heavy atom. The summed E-state index contributed by atoms with van der Waals surface area (Å²) in [6.07, 6.45) is 15.4. The third kappa shape index (κ3) is 3.62. The van der Waals surface area contributed by atoms with Gasteiger partial charge in [-0.15, -0.1) is 5.10 Å². The average Bonchev–Trinajstić information content (AvgIpc) is 3.38. The number of rotatable bonds is 6. The van der Waals surface area contributed by atoms with E-state index in [1.165, 1.54) is 25.1 Å². The Morgan fingerprint density at radius 3 is 2.70 bits per heavy atom. The number of hydrogen-bond donors (Lipinski definition) is 0. The monoisotopic (exact) mass is 436 g/mol. The van der Waals surface area contributed by atoms with Crippen LogP contribution >= 0.6 is 0 Å². The van der Waals surface area contributed by atoms with Crippen LogP contribution in [0.3, 0.4) is 0 Å². The first kappa shape index (κ1) is 18.8. The summed E-state index contributed by atoms with van der Waals surface area (Å²) in [6, 6.07) is 10.4. The smallest absolute Gasteiger partial charge is 0.137 e. The van der Waals surface area contributed by atoms with Crippen molar-refractivity contribution in [2.75, 3.05) is 13.1 Å². The fourth-order valence-corrected chi connectivity index (χ4v) is 5.03. The summed E-state index contributed by atoms with van der Waals surface area (Å²) in [4.78, 5) is 11.7. The molecule has 1 aliphatic carbocycles. The van der Waals surface area contributed by atoms with E-state index in [9.17, 15) is 0 Å². The maximum Gasteiger partial charge on any atom is 0.137 e. The van der Waals surface area contributed by atoms with Gasteiger partial charge in [-0.2, -0.15) is 0 Å². The minimum atomic E-state index is 0.574. The van der Waals surface area contributed by atoms with Gasteiger partial charge in [0.05, 0.1) is 30.3 Å². The molecule has 5 aromatic heterocycles. The number of nitrogens with zero attached hydrogens (tertiary/aromatic N) is 8. The second-order valence-electron chi connectivity index (χ2n) is 9.31. The molecule has 1 aliphatic heterocycles. The molecule has 0 amide bonds. The molecule has 0 radical (unpaired) electrons. The average molecular weight is 437 g/mol. The lowest BCUT2D eigenvalue weighted by Crippen LogP contribution is -2.22. The fourth-order valence-electron chi connectivity index (χ4n) is 5.03. The molecule has 2 unspecified atom stereocenters. The number of imidazole rings is 1. The van der Waals surface area contributed by atoms with Crippen molar-refractivity contribution in [2.24, 2.45) is 11.8 Å². The van der Waals surface area contributed by atoms with E-state index in [2.05, 4.69) is 55.2 Å². The fraction of sp³-hybridized carbons (Fsp3) is 0.280. The molecule has 1 saturated carbocycles. The van der Waals surface area contributed by atoms with E-state index in [-0.39, 0.29) is 0 Å². The Labute approximate surface area is 191 Å². The molecular weight excluding hydrogens is 412 g/mol. The Bertz CT molecular complexity index is 1420. The molecule has 2 atom stereocenters. The SMILES string of the molecule is c1ccn(-c2cncc(-c3cn(Cc4cn5cc(CN6CC7CC7C6)ccc5n4)nn3)c2)c1. The second-order valence-corrected chi connectivity index (χ2v) is 9.31. The van der Waals surface area contributed by atoms with Crippen LogP contribution in [-0.2, 0) is 13.1 Å². The zero-order valence-electron chi connectivity index (χ0n) is 18.2. The molecule has 5 aromatic rings. The Balaban J connectivity index is 1.08. The molecule has 0 spiro atoms. The van der Waals surface area contributed by atoms with Crippen LogP contribution in [0.4, 0.5) is 0 Å². The van der Waals surface area contributed by atoms with Gasteiger partial charge in [-0.3, -0.25) is 9.88 Å². The molecular formula is C25H24N8. The van der Waals surface area contributed by atoms with Crippen LogP contribution in [0.1, 0.15) is 17.7 Å². The van der Waals surface area contributed by atoms with Crippen molar-refractivity contribution in [2.45, 2.75) is 19.5 Å². The van der Waals surface area contributed by atoms with Crippen molar-refractivity contribution in [1.29, 1.82) is 0 Å². The van der Waals surface area contributed by atoms with Crippen LogP contribution in [0, 0.1) is 11.8 Å². The summed E-state index contributed by atoms with van der Waals surface area (Å²) in [6.45, 7) is 4.12. The van der Waals surface area contributed by atoms with E-state index in [0.717, 1.165) is 46.7 Å². The molecule has 0 N–H and O–H groups in total. The first-order valence-electron chi connectivity index (χ1n) is 11.4. The lowest BCUT2D eigenvalue weighted by molar-refractivity contribution is 0.296. The number of aromatic nitrogens is 7. The van der Waals surface area contributed by atoms with Gasteiger partial charge in [0.25, 0.3) is 0 Å². The minimum absolute atomic E-state index is 0.574. The number of hydrogen-bond acceptors (Lipinski definition) is 5. The van der Waals surface area contributed by atoms with Crippen LogP contribution in [0.25, 0.3) is 22.6 Å². The first-order valence-corrected chi connectivity index (χ1v) is 11.4. The lowest BCUT2D eigenvalue weighted by atomic mass is 10.2. The van der Waals surface area contributed by atoms with E-state index in [0.29, 0.717) is 6.54 Å². The number of piperidine rings is 1. The topological polar surface area (TPSA) is 69.1 Å². The highest BCUT2D eigenvalue weighted by Gasteiger charge is 2.44. The van der Waals surface area contributed by atoms with E-state index < -0.39 is 0 Å². The largest absolute Gasteiger partial charge is 0.322 e. The second kappa shape index (κ2) is 7.38. The molecule has 8 heteroatoms. The van der Waals surface area contributed by atoms with Crippen molar-refractivity contribution in [3.05, 3.63) is 85.0 Å². The maximum absolute atomic E-state index is 4.77. The molecule has 2 aliphatic rings. The Kier molecular flexibility index (Phi) is 4.20. The van der Waals surface area contributed by atoms with Crippen molar-refractivity contribution < 1.29 is 0 Å².